The summed E-state index contributed by atoms with van der Waals surface area (Å²) in [5.41, 5.74) is 0.634. The molecule has 3 nitrogen and oxygen atoms in total. The maximum atomic E-state index is 12.5. The molecule has 1 aromatic carbocycles. The molecule has 1 unspecified atom stereocenters. The van der Waals surface area contributed by atoms with E-state index >= 15 is 0 Å². The van der Waals surface area contributed by atoms with Crippen LogP contribution in [-0.4, -0.2) is 11.0 Å². The molecule has 2 rings (SSSR count). The minimum absolute atomic E-state index is 0.411. The van der Waals surface area contributed by atoms with E-state index in [1.807, 2.05) is 0 Å². The van der Waals surface area contributed by atoms with Crippen molar-refractivity contribution >= 4 is 5.97 Å². The molecule has 1 aromatic heterocycles. The molecule has 1 atom stereocenters. The monoisotopic (exact) mass is 294 g/mol. The summed E-state index contributed by atoms with van der Waals surface area (Å²) in [5.74, 6) is -2.04. The third-order valence-electron chi connectivity index (χ3n) is 3.15. The summed E-state index contributed by atoms with van der Waals surface area (Å²) in [6, 6.07) is 7.60. The number of benzene rings is 1. The van der Waals surface area contributed by atoms with Crippen molar-refractivity contribution in [3.05, 3.63) is 53.7 Å². The number of hydrogen-bond donors (Lipinski definition) is 0. The van der Waals surface area contributed by atoms with Crippen LogP contribution in [0.5, 0.6) is 0 Å². The van der Waals surface area contributed by atoms with Crippen LogP contribution in [0.2, 0.25) is 0 Å². The van der Waals surface area contributed by atoms with Gasteiger partial charge in [-0.15, -0.1) is 0 Å². The van der Waals surface area contributed by atoms with E-state index in [4.69, 9.17) is 0 Å². The molecule has 110 valence electrons. The zero-order valence-electron chi connectivity index (χ0n) is 11.0. The molecule has 0 saturated carbocycles. The lowest BCUT2D eigenvalue weighted by molar-refractivity contribution is -0.307. The first kappa shape index (κ1) is 15.0. The topological polar surface area (TPSA) is 53.0 Å². The first-order valence-corrected chi connectivity index (χ1v) is 6.13. The van der Waals surface area contributed by atoms with Crippen LogP contribution in [0.1, 0.15) is 24.0 Å². The Balaban J connectivity index is 2.34. The van der Waals surface area contributed by atoms with Crippen LogP contribution in [0.25, 0.3) is 11.3 Å². The second kappa shape index (κ2) is 5.55. The summed E-state index contributed by atoms with van der Waals surface area (Å²) in [7, 11) is 0. The average molecular weight is 294 g/mol. The highest BCUT2D eigenvalue weighted by molar-refractivity contribution is 5.74. The predicted octanol–water partition coefficient (Wildman–Crippen LogP) is 2.62. The Morgan fingerprint density at radius 2 is 1.81 bits per heavy atom. The van der Waals surface area contributed by atoms with Crippen LogP contribution >= 0.6 is 0 Å². The molecular weight excluding hydrogens is 283 g/mol. The van der Waals surface area contributed by atoms with Crippen LogP contribution in [0.3, 0.4) is 0 Å². The number of nitrogens with zero attached hydrogens (tertiary/aromatic N) is 1. The van der Waals surface area contributed by atoms with Gasteiger partial charge in [0.2, 0.25) is 0 Å². The number of aromatic nitrogens is 1. The number of pyridine rings is 1. The van der Waals surface area contributed by atoms with Crippen molar-refractivity contribution in [1.82, 2.24) is 4.98 Å². The van der Waals surface area contributed by atoms with E-state index in [0.29, 0.717) is 16.8 Å². The van der Waals surface area contributed by atoms with Gasteiger partial charge < -0.3 is 9.90 Å². The zero-order chi connectivity index (χ0) is 15.6. The molecule has 0 aliphatic carbocycles. The van der Waals surface area contributed by atoms with E-state index in [1.54, 1.807) is 0 Å². The van der Waals surface area contributed by atoms with Crippen LogP contribution in [-0.2, 0) is 11.0 Å². The zero-order valence-corrected chi connectivity index (χ0v) is 11.0. The number of rotatable bonds is 3. The van der Waals surface area contributed by atoms with Crippen molar-refractivity contribution in [1.29, 1.82) is 0 Å². The highest BCUT2D eigenvalue weighted by atomic mass is 19.4. The molecule has 0 fully saturated rings. The van der Waals surface area contributed by atoms with Crippen molar-refractivity contribution in [3.63, 3.8) is 0 Å². The lowest BCUT2D eigenvalue weighted by Gasteiger charge is -2.14. The Morgan fingerprint density at radius 3 is 2.33 bits per heavy atom. The quantitative estimate of drug-likeness (QED) is 0.874. The highest BCUT2D eigenvalue weighted by Crippen LogP contribution is 2.31. The number of hydrogen-bond acceptors (Lipinski definition) is 3. The Bertz CT molecular complexity index is 651. The van der Waals surface area contributed by atoms with E-state index in [2.05, 4.69) is 4.98 Å². The number of carboxylic acids is 1. The summed E-state index contributed by atoms with van der Waals surface area (Å²) in [4.78, 5) is 14.9. The minimum atomic E-state index is -4.39. The molecule has 0 amide bonds. The number of alkyl halides is 3. The number of carbonyl (C=O) groups excluding carboxylic acids is 1. The Labute approximate surface area is 119 Å². The van der Waals surface area contributed by atoms with Crippen molar-refractivity contribution in [3.8, 4) is 11.3 Å². The Hall–Kier alpha value is -2.37. The molecule has 2 aromatic rings. The fraction of sp³-hybridized carbons (Fsp3) is 0.200. The van der Waals surface area contributed by atoms with Gasteiger partial charge in [0.1, 0.15) is 0 Å². The second-order valence-electron chi connectivity index (χ2n) is 4.59. The predicted molar refractivity (Wildman–Crippen MR) is 68.1 cm³/mol. The van der Waals surface area contributed by atoms with Crippen LogP contribution in [0, 0.1) is 0 Å². The second-order valence-corrected chi connectivity index (χ2v) is 4.59. The number of carboxylic acid groups (broad SMARTS) is 1. The summed E-state index contributed by atoms with van der Waals surface area (Å²) in [6.07, 6.45) is -2.97. The molecule has 0 bridgehead atoms. The molecule has 0 aliphatic rings. The molecule has 0 aliphatic heterocycles. The van der Waals surface area contributed by atoms with Gasteiger partial charge in [-0.05, 0) is 29.8 Å². The molecule has 1 heterocycles. The van der Waals surface area contributed by atoms with Gasteiger partial charge in [-0.1, -0.05) is 19.1 Å². The Morgan fingerprint density at radius 1 is 1.19 bits per heavy atom. The van der Waals surface area contributed by atoms with Gasteiger partial charge in [0.25, 0.3) is 0 Å². The van der Waals surface area contributed by atoms with Crippen molar-refractivity contribution < 1.29 is 23.1 Å². The third-order valence-corrected chi connectivity index (χ3v) is 3.15. The van der Waals surface area contributed by atoms with Crippen LogP contribution < -0.4 is 5.11 Å². The van der Waals surface area contributed by atoms with Gasteiger partial charge in [0.15, 0.2) is 0 Å². The van der Waals surface area contributed by atoms with Gasteiger partial charge in [-0.25, -0.2) is 0 Å². The van der Waals surface area contributed by atoms with Gasteiger partial charge in [0.05, 0.1) is 11.3 Å². The molecule has 6 heteroatoms. The minimum Gasteiger partial charge on any atom is -0.550 e. The van der Waals surface area contributed by atoms with Crippen LogP contribution in [0.15, 0.2) is 42.6 Å². The maximum absolute atomic E-state index is 12.5. The van der Waals surface area contributed by atoms with Crippen molar-refractivity contribution in [2.75, 3.05) is 0 Å². The normalized spacial score (nSPS) is 13.0. The SMILES string of the molecule is CC(C(=O)[O-])c1ccnc(-c2ccc(C(F)(F)F)cc2)c1. The summed E-state index contributed by atoms with van der Waals surface area (Å²) < 4.78 is 37.5. The molecule has 0 saturated heterocycles. The van der Waals surface area contributed by atoms with Crippen molar-refractivity contribution in [2.24, 2.45) is 0 Å². The lowest BCUT2D eigenvalue weighted by Crippen LogP contribution is -2.28. The van der Waals surface area contributed by atoms with Crippen molar-refractivity contribution in [2.45, 2.75) is 19.0 Å². The summed E-state index contributed by atoms with van der Waals surface area (Å²) in [5, 5.41) is 10.8. The molecule has 0 N–H and O–H groups in total. The first-order valence-electron chi connectivity index (χ1n) is 6.13. The van der Waals surface area contributed by atoms with Crippen LogP contribution in [0.4, 0.5) is 13.2 Å². The van der Waals surface area contributed by atoms with E-state index in [9.17, 15) is 23.1 Å². The van der Waals surface area contributed by atoms with E-state index < -0.39 is 23.6 Å². The number of aliphatic carboxylic acids is 1. The summed E-state index contributed by atoms with van der Waals surface area (Å²) >= 11 is 0. The lowest BCUT2D eigenvalue weighted by atomic mass is 9.99. The van der Waals surface area contributed by atoms with Gasteiger partial charge >= 0.3 is 6.18 Å². The highest BCUT2D eigenvalue weighted by Gasteiger charge is 2.30. The standard InChI is InChI=1S/C15H12F3NO2/c1-9(14(20)21)11-6-7-19-13(8-11)10-2-4-12(5-3-10)15(16,17)18/h2-9H,1H3,(H,20,21)/p-1. The Kier molecular flexibility index (Phi) is 3.97. The number of carbonyl (C=O) groups is 1. The fourth-order valence-electron chi connectivity index (χ4n) is 1.84. The number of halogens is 3. The van der Waals surface area contributed by atoms with Gasteiger partial charge in [-0.3, -0.25) is 4.98 Å². The molecule has 0 spiro atoms. The molecular formula is C15H11F3NO2-. The van der Waals surface area contributed by atoms with Gasteiger partial charge in [0, 0.05) is 23.6 Å². The van der Waals surface area contributed by atoms with E-state index in [1.165, 1.54) is 37.4 Å². The van der Waals surface area contributed by atoms with E-state index in [0.717, 1.165) is 12.1 Å². The average Bonchev–Trinajstić information content (AvgIpc) is 2.46. The maximum Gasteiger partial charge on any atom is 0.416 e. The van der Waals surface area contributed by atoms with E-state index in [-0.39, 0.29) is 0 Å². The smallest absolute Gasteiger partial charge is 0.416 e. The first-order chi connectivity index (χ1) is 9.79. The summed E-state index contributed by atoms with van der Waals surface area (Å²) in [6.45, 7) is 1.47. The fourth-order valence-corrected chi connectivity index (χ4v) is 1.84. The molecule has 0 radical (unpaired) electrons. The molecule has 21 heavy (non-hydrogen) atoms. The third kappa shape index (κ3) is 3.39. The largest absolute Gasteiger partial charge is 0.550 e. The van der Waals surface area contributed by atoms with Gasteiger partial charge in [-0.2, -0.15) is 13.2 Å².